The van der Waals surface area contributed by atoms with E-state index in [0.717, 1.165) is 5.56 Å². The minimum absolute atomic E-state index is 0. The van der Waals surface area contributed by atoms with E-state index in [1.54, 1.807) is 19.0 Å². The van der Waals surface area contributed by atoms with Crippen LogP contribution in [-0.4, -0.2) is 37.4 Å². The third kappa shape index (κ3) is 6.45. The van der Waals surface area contributed by atoms with Gasteiger partial charge in [0.1, 0.15) is 0 Å². The number of nitrogens with two attached hydrogens (primary N) is 1. The molecule has 5 nitrogen and oxygen atoms in total. The van der Waals surface area contributed by atoms with Crippen molar-refractivity contribution in [3.63, 3.8) is 0 Å². The van der Waals surface area contributed by atoms with Gasteiger partial charge in [-0.3, -0.25) is 9.59 Å². The van der Waals surface area contributed by atoms with Gasteiger partial charge in [-0.2, -0.15) is 0 Å². The van der Waals surface area contributed by atoms with Crippen molar-refractivity contribution in [3.05, 3.63) is 35.9 Å². The second-order valence-electron chi connectivity index (χ2n) is 5.41. The number of amides is 2. The number of rotatable bonds is 7. The number of nitrogens with one attached hydrogen (secondary N) is 1. The molecule has 0 heterocycles. The summed E-state index contributed by atoms with van der Waals surface area (Å²) in [5.74, 6) is -0.320. The van der Waals surface area contributed by atoms with E-state index in [9.17, 15) is 9.59 Å². The fraction of sp³-hybridized carbons (Fsp3) is 0.500. The molecule has 0 aromatic heterocycles. The normalized spacial score (nSPS) is 12.7. The van der Waals surface area contributed by atoms with Crippen LogP contribution in [0.25, 0.3) is 0 Å². The van der Waals surface area contributed by atoms with Crippen molar-refractivity contribution in [3.8, 4) is 0 Å². The number of hydrogen-bond donors (Lipinski definition) is 2. The Kier molecular flexibility index (Phi) is 9.45. The average molecular weight is 328 g/mol. The first-order chi connectivity index (χ1) is 9.93. The van der Waals surface area contributed by atoms with Crippen molar-refractivity contribution in [1.29, 1.82) is 0 Å². The van der Waals surface area contributed by atoms with Gasteiger partial charge >= 0.3 is 0 Å². The molecule has 1 aromatic carbocycles. The third-order valence-corrected chi connectivity index (χ3v) is 3.50. The molecule has 3 N–H and O–H groups in total. The Bertz CT molecular complexity index is 466. The molecular weight excluding hydrogens is 302 g/mol. The molecule has 22 heavy (non-hydrogen) atoms. The van der Waals surface area contributed by atoms with Gasteiger partial charge in [-0.05, 0) is 12.0 Å². The Balaban J connectivity index is 0.00000441. The van der Waals surface area contributed by atoms with E-state index in [1.807, 2.05) is 37.3 Å². The van der Waals surface area contributed by atoms with Crippen LogP contribution in [0.15, 0.2) is 30.3 Å². The molecular formula is C16H26ClN3O2. The van der Waals surface area contributed by atoms with Crippen LogP contribution in [0.3, 0.4) is 0 Å². The van der Waals surface area contributed by atoms with Crippen LogP contribution in [0.2, 0.25) is 0 Å². The van der Waals surface area contributed by atoms with Crippen molar-refractivity contribution >= 4 is 24.2 Å². The van der Waals surface area contributed by atoms with Gasteiger partial charge in [-0.15, -0.1) is 12.4 Å². The molecule has 0 radical (unpaired) electrons. The third-order valence-electron chi connectivity index (χ3n) is 3.50. The average Bonchev–Trinajstić information content (AvgIpc) is 2.50. The highest BCUT2D eigenvalue weighted by Gasteiger charge is 2.21. The fourth-order valence-electron chi connectivity index (χ4n) is 1.96. The predicted molar refractivity (Wildman–Crippen MR) is 90.7 cm³/mol. The lowest BCUT2D eigenvalue weighted by Gasteiger charge is -2.20. The van der Waals surface area contributed by atoms with E-state index in [1.165, 1.54) is 0 Å². The monoisotopic (exact) mass is 327 g/mol. The van der Waals surface area contributed by atoms with Crippen LogP contribution in [0.1, 0.15) is 31.4 Å². The molecule has 0 bridgehead atoms. The van der Waals surface area contributed by atoms with Crippen molar-refractivity contribution < 1.29 is 9.59 Å². The maximum absolute atomic E-state index is 12.0. The molecule has 2 unspecified atom stereocenters. The van der Waals surface area contributed by atoms with E-state index < -0.39 is 0 Å². The number of hydrogen-bond acceptors (Lipinski definition) is 3. The highest BCUT2D eigenvalue weighted by molar-refractivity contribution is 5.85. The van der Waals surface area contributed by atoms with E-state index in [4.69, 9.17) is 5.73 Å². The number of halogens is 1. The van der Waals surface area contributed by atoms with Crippen molar-refractivity contribution in [1.82, 2.24) is 10.2 Å². The highest BCUT2D eigenvalue weighted by Crippen LogP contribution is 2.18. The van der Waals surface area contributed by atoms with Gasteiger partial charge in [0.2, 0.25) is 11.8 Å². The van der Waals surface area contributed by atoms with E-state index >= 15 is 0 Å². The first kappa shape index (κ1) is 20.4. The Morgan fingerprint density at radius 1 is 1.23 bits per heavy atom. The zero-order valence-corrected chi connectivity index (χ0v) is 14.2. The summed E-state index contributed by atoms with van der Waals surface area (Å²) in [6, 6.07) is 9.26. The predicted octanol–water partition coefficient (Wildman–Crippen LogP) is 1.73. The second-order valence-corrected chi connectivity index (χ2v) is 5.41. The van der Waals surface area contributed by atoms with Crippen molar-refractivity contribution in [2.45, 2.75) is 25.8 Å². The van der Waals surface area contributed by atoms with Gasteiger partial charge in [0, 0.05) is 33.1 Å². The quantitative estimate of drug-likeness (QED) is 0.749. The summed E-state index contributed by atoms with van der Waals surface area (Å²) in [5, 5.41) is 2.84. The lowest BCUT2D eigenvalue weighted by atomic mass is 9.94. The number of nitrogens with zero attached hydrogens (tertiary/aromatic N) is 1. The maximum Gasteiger partial charge on any atom is 0.224 e. The molecule has 0 aliphatic rings. The number of carbonyl (C=O) groups is 2. The Morgan fingerprint density at radius 2 is 1.82 bits per heavy atom. The van der Waals surface area contributed by atoms with Crippen LogP contribution in [0.4, 0.5) is 0 Å². The molecule has 0 aliphatic heterocycles. The highest BCUT2D eigenvalue weighted by atomic mass is 35.5. The molecule has 0 fully saturated rings. The molecule has 0 saturated heterocycles. The summed E-state index contributed by atoms with van der Waals surface area (Å²) in [7, 11) is 3.45. The first-order valence-electron chi connectivity index (χ1n) is 7.22. The topological polar surface area (TPSA) is 75.4 Å². The van der Waals surface area contributed by atoms with Crippen LogP contribution in [0.5, 0.6) is 0 Å². The van der Waals surface area contributed by atoms with Gasteiger partial charge in [0.05, 0.1) is 5.92 Å². The van der Waals surface area contributed by atoms with Gasteiger partial charge < -0.3 is 16.0 Å². The van der Waals surface area contributed by atoms with Crippen LogP contribution < -0.4 is 11.1 Å². The Morgan fingerprint density at radius 3 is 2.36 bits per heavy atom. The number of benzene rings is 1. The lowest BCUT2D eigenvalue weighted by molar-refractivity contribution is -0.129. The zero-order chi connectivity index (χ0) is 15.8. The van der Waals surface area contributed by atoms with Gasteiger partial charge in [-0.1, -0.05) is 37.3 Å². The molecule has 1 rings (SSSR count). The maximum atomic E-state index is 12.0. The Labute approximate surface area is 138 Å². The Hall–Kier alpha value is -1.59. The molecule has 2 atom stereocenters. The summed E-state index contributed by atoms with van der Waals surface area (Å²) >= 11 is 0. The molecule has 124 valence electrons. The molecule has 0 spiro atoms. The molecule has 0 aliphatic carbocycles. The summed E-state index contributed by atoms with van der Waals surface area (Å²) in [6.07, 6.45) is 1.07. The zero-order valence-electron chi connectivity index (χ0n) is 13.4. The SMILES string of the molecule is CC(C(=O)NCCCC(=O)N(C)C)C(N)c1ccccc1.Cl. The van der Waals surface area contributed by atoms with Crippen LogP contribution >= 0.6 is 12.4 Å². The summed E-state index contributed by atoms with van der Waals surface area (Å²) < 4.78 is 0. The smallest absolute Gasteiger partial charge is 0.224 e. The van der Waals surface area contributed by atoms with E-state index in [-0.39, 0.29) is 36.2 Å². The van der Waals surface area contributed by atoms with E-state index in [0.29, 0.717) is 19.4 Å². The second kappa shape index (κ2) is 10.2. The number of carbonyl (C=O) groups excluding carboxylic acids is 2. The van der Waals surface area contributed by atoms with Crippen molar-refractivity contribution in [2.75, 3.05) is 20.6 Å². The standard InChI is InChI=1S/C16H25N3O2.ClH/c1-12(15(17)13-8-5-4-6-9-13)16(21)18-11-7-10-14(20)19(2)3;/h4-6,8-9,12,15H,7,10-11,17H2,1-3H3,(H,18,21);1H. The minimum atomic E-state index is -0.324. The van der Waals surface area contributed by atoms with E-state index in [2.05, 4.69) is 5.32 Å². The molecule has 1 aromatic rings. The molecule has 2 amide bonds. The lowest BCUT2D eigenvalue weighted by Crippen LogP contribution is -2.36. The van der Waals surface area contributed by atoms with Gasteiger partial charge in [0.25, 0.3) is 0 Å². The van der Waals surface area contributed by atoms with Crippen LogP contribution in [0, 0.1) is 5.92 Å². The van der Waals surface area contributed by atoms with Crippen molar-refractivity contribution in [2.24, 2.45) is 11.7 Å². The molecule has 0 saturated carbocycles. The summed E-state index contributed by atoms with van der Waals surface area (Å²) in [5.41, 5.74) is 7.06. The summed E-state index contributed by atoms with van der Waals surface area (Å²) in [4.78, 5) is 25.0. The fourth-order valence-corrected chi connectivity index (χ4v) is 1.96. The molecule has 6 heteroatoms. The summed E-state index contributed by atoms with van der Waals surface area (Å²) in [6.45, 7) is 2.31. The minimum Gasteiger partial charge on any atom is -0.356 e. The largest absolute Gasteiger partial charge is 0.356 e. The van der Waals surface area contributed by atoms with Gasteiger partial charge in [0.15, 0.2) is 0 Å². The van der Waals surface area contributed by atoms with Crippen LogP contribution in [-0.2, 0) is 9.59 Å². The van der Waals surface area contributed by atoms with Gasteiger partial charge in [-0.25, -0.2) is 0 Å². The first-order valence-corrected chi connectivity index (χ1v) is 7.22.